The number of urea groups is 1. The Labute approximate surface area is 293 Å². The van der Waals surface area contributed by atoms with Crippen LogP contribution in [0.2, 0.25) is 0 Å². The predicted octanol–water partition coefficient (Wildman–Crippen LogP) is 4.23. The molecule has 1 saturated heterocycles. The summed E-state index contributed by atoms with van der Waals surface area (Å²) in [6, 6.07) is 24.7. The minimum absolute atomic E-state index is 0.0133. The Morgan fingerprint density at radius 3 is 1.86 bits per heavy atom. The molecule has 0 spiro atoms. The van der Waals surface area contributed by atoms with Gasteiger partial charge in [-0.25, -0.2) is 4.79 Å². The van der Waals surface area contributed by atoms with Crippen LogP contribution in [-0.4, -0.2) is 73.7 Å². The van der Waals surface area contributed by atoms with Crippen LogP contribution in [0.1, 0.15) is 34.6 Å². The average molecular weight is 723 g/mol. The zero-order valence-electron chi connectivity index (χ0n) is 28.7. The number of amides is 4. The Kier molecular flexibility index (Phi) is 10.5. The first-order chi connectivity index (χ1) is 23.7. The molecule has 1 fully saturated rings. The van der Waals surface area contributed by atoms with Gasteiger partial charge in [0.25, 0.3) is 0 Å². The molecule has 0 aromatic heterocycles. The van der Waals surface area contributed by atoms with Gasteiger partial charge in [0.2, 0.25) is 0 Å². The Bertz CT molecular complexity index is 1780. The standard InChI is InChI=1S/C36H43N4O8PS/c1-6-24-49(28-16-10-7-11-17-28,29-18-12-8-13-19-29,30-20-14-9-15-21-30)48-50(44,45)47-40-32-26-39(35(40)43)31(25-27(32)2)33(41)37-22-23-38-34(42)46-36(3,4)5/h6-21,24-25,31-32H,22-23,26H2,1-5H3,(H,37,41)(H,38,42)/b24-6+/t31-,32-/m0/s1. The maximum atomic E-state index is 14.4. The summed E-state index contributed by atoms with van der Waals surface area (Å²) in [4.78, 5) is 40.2. The Balaban J connectivity index is 1.43. The number of allylic oxidation sites excluding steroid dienone is 1. The van der Waals surface area contributed by atoms with Crippen LogP contribution >= 0.6 is 6.83 Å². The molecule has 3 aromatic carbocycles. The zero-order valence-corrected chi connectivity index (χ0v) is 30.4. The van der Waals surface area contributed by atoms with E-state index in [1.807, 2.05) is 91.0 Å². The van der Waals surface area contributed by atoms with Crippen molar-refractivity contribution in [3.05, 3.63) is 115 Å². The van der Waals surface area contributed by atoms with Crippen molar-refractivity contribution < 1.29 is 35.8 Å². The van der Waals surface area contributed by atoms with Crippen molar-refractivity contribution in [3.8, 4) is 0 Å². The first-order valence-electron chi connectivity index (χ1n) is 16.2. The summed E-state index contributed by atoms with van der Waals surface area (Å²) in [5, 5.41) is 7.85. The topological polar surface area (TPSA) is 144 Å². The number of fused-ring (bicyclic) bond motifs is 2. The molecule has 0 radical (unpaired) electrons. The monoisotopic (exact) mass is 722 g/mol. The molecular formula is C36H43N4O8PS. The van der Waals surface area contributed by atoms with E-state index in [9.17, 15) is 22.8 Å². The van der Waals surface area contributed by atoms with Gasteiger partial charge in [-0.15, -0.1) is 0 Å². The SMILES string of the molecule is C/C=C/P(OS(=O)(=O)ON1C(=O)N2C[C@H]1C(C)=C[C@H]2C(=O)NCCNC(=O)OC(C)(C)C)(c1ccccc1)(c1ccccc1)c1ccccc1. The van der Waals surface area contributed by atoms with Gasteiger partial charge < -0.3 is 4.74 Å². The van der Waals surface area contributed by atoms with Crippen LogP contribution in [0.5, 0.6) is 0 Å². The van der Waals surface area contributed by atoms with E-state index in [4.69, 9.17) is 13.0 Å². The Morgan fingerprint density at radius 1 is 0.880 bits per heavy atom. The first kappa shape index (κ1) is 36.7. The van der Waals surface area contributed by atoms with Crippen molar-refractivity contribution in [1.29, 1.82) is 0 Å². The van der Waals surface area contributed by atoms with Gasteiger partial charge >= 0.3 is 258 Å². The van der Waals surface area contributed by atoms with Gasteiger partial charge in [-0.05, 0) is 20.8 Å². The van der Waals surface area contributed by atoms with Gasteiger partial charge in [-0.1, -0.05) is 0 Å². The molecule has 2 N–H and O–H groups in total. The molecule has 14 heteroatoms. The third-order valence-electron chi connectivity index (χ3n) is 8.39. The summed E-state index contributed by atoms with van der Waals surface area (Å²) >= 11 is 0. The summed E-state index contributed by atoms with van der Waals surface area (Å²) in [7, 11) is -5.01. The molecule has 5 rings (SSSR count). The zero-order chi connectivity index (χ0) is 36.2. The molecule has 0 aliphatic carbocycles. The maximum absolute atomic E-state index is 14.4. The number of alkyl carbamates (subject to hydrolysis) is 1. The van der Waals surface area contributed by atoms with Gasteiger partial charge in [-0.2, -0.15) is 0 Å². The van der Waals surface area contributed by atoms with Crippen LogP contribution < -0.4 is 26.5 Å². The van der Waals surface area contributed by atoms with Crippen molar-refractivity contribution in [2.24, 2.45) is 0 Å². The van der Waals surface area contributed by atoms with E-state index in [-0.39, 0.29) is 19.6 Å². The molecule has 0 saturated carbocycles. The molecule has 3 aromatic rings. The van der Waals surface area contributed by atoms with Gasteiger partial charge in [0.05, 0.1) is 0 Å². The molecule has 2 aliphatic rings. The number of ether oxygens (including phenoxy) is 1. The number of carbonyl (C=O) groups is 3. The number of rotatable bonds is 12. The first-order valence-corrected chi connectivity index (χ1v) is 19.8. The predicted molar refractivity (Wildman–Crippen MR) is 194 cm³/mol. The second kappa shape index (κ2) is 14.4. The van der Waals surface area contributed by atoms with E-state index in [0.717, 1.165) is 5.06 Å². The fourth-order valence-electron chi connectivity index (χ4n) is 6.30. The molecule has 266 valence electrons. The van der Waals surface area contributed by atoms with E-state index in [2.05, 4.69) is 10.6 Å². The van der Waals surface area contributed by atoms with Crippen molar-refractivity contribution in [1.82, 2.24) is 20.6 Å². The molecule has 12 nitrogen and oxygen atoms in total. The molecule has 2 bridgehead atoms. The second-order valence-electron chi connectivity index (χ2n) is 13.0. The van der Waals surface area contributed by atoms with Crippen molar-refractivity contribution in [2.75, 3.05) is 19.6 Å². The van der Waals surface area contributed by atoms with Crippen molar-refractivity contribution in [2.45, 2.75) is 52.3 Å². The average Bonchev–Trinajstić information content (AvgIpc) is 3.35. The summed E-state index contributed by atoms with van der Waals surface area (Å²) < 4.78 is 46.1. The molecular weight excluding hydrogens is 679 g/mol. The van der Waals surface area contributed by atoms with E-state index >= 15 is 0 Å². The van der Waals surface area contributed by atoms with Crippen LogP contribution in [0, 0.1) is 0 Å². The molecule has 50 heavy (non-hydrogen) atoms. The second-order valence-corrected chi connectivity index (χ2v) is 18.6. The van der Waals surface area contributed by atoms with Crippen LogP contribution in [0.15, 0.2) is 115 Å². The van der Waals surface area contributed by atoms with E-state index < -0.39 is 52.9 Å². The number of hydrogen-bond acceptors (Lipinski definition) is 8. The Morgan fingerprint density at radius 2 is 1.38 bits per heavy atom. The van der Waals surface area contributed by atoms with Crippen molar-refractivity contribution in [3.63, 3.8) is 0 Å². The normalized spacial score (nSPS) is 18.7. The number of hydrogen-bond donors (Lipinski definition) is 2. The number of hydroxylamine groups is 2. The molecule has 2 aliphatic heterocycles. The van der Waals surface area contributed by atoms with E-state index in [1.165, 1.54) is 4.90 Å². The fraction of sp³-hybridized carbons (Fsp3) is 0.306. The molecule has 4 amide bonds. The number of benzene rings is 3. The molecule has 0 unspecified atom stereocenters. The van der Waals surface area contributed by atoms with Gasteiger partial charge in [0.15, 0.2) is 0 Å². The number of nitrogens with zero attached hydrogens (tertiary/aromatic N) is 2. The van der Waals surface area contributed by atoms with Gasteiger partial charge in [-0.3, -0.25) is 0 Å². The van der Waals surface area contributed by atoms with Crippen LogP contribution in [0.3, 0.4) is 0 Å². The van der Waals surface area contributed by atoms with Gasteiger partial charge in [0, 0.05) is 0 Å². The summed E-state index contributed by atoms with van der Waals surface area (Å²) in [5.74, 6) is 1.29. The number of carbonyl (C=O) groups excluding carboxylic acids is 3. The third-order valence-corrected chi connectivity index (χ3v) is 15.5. The Hall–Kier alpha value is -4.55. The summed E-state index contributed by atoms with van der Waals surface area (Å²) in [6.45, 7) is 4.38. The fourth-order valence-corrected chi connectivity index (χ4v) is 13.8. The molecule has 2 atom stereocenters. The molecule has 2 heterocycles. The minimum atomic E-state index is -5.01. The number of nitrogens with one attached hydrogen (secondary N) is 2. The van der Waals surface area contributed by atoms with Crippen LogP contribution in [0.4, 0.5) is 9.59 Å². The van der Waals surface area contributed by atoms with Crippen LogP contribution in [0.25, 0.3) is 0 Å². The van der Waals surface area contributed by atoms with E-state index in [1.54, 1.807) is 52.6 Å². The van der Waals surface area contributed by atoms with Crippen LogP contribution in [-0.2, 0) is 28.2 Å². The van der Waals surface area contributed by atoms with E-state index in [0.29, 0.717) is 21.5 Å². The summed E-state index contributed by atoms with van der Waals surface area (Å²) in [5.41, 5.74) is -0.104. The third kappa shape index (κ3) is 7.18. The van der Waals surface area contributed by atoms with Crippen molar-refractivity contribution >= 4 is 51.2 Å². The quantitative estimate of drug-likeness (QED) is 0.161. The van der Waals surface area contributed by atoms with Gasteiger partial charge in [0.1, 0.15) is 5.60 Å². The summed E-state index contributed by atoms with van der Waals surface area (Å²) in [6.07, 6.45) is 2.74.